The number of unbranched alkanes of at least 4 members (excludes halogenated alkanes) is 3. The molecule has 2 rings (SSSR count). The Hall–Kier alpha value is -1.42. The molecule has 6 N–H and O–H groups in total. The molecule has 2 aliphatic heterocycles. The summed E-state index contributed by atoms with van der Waals surface area (Å²) in [4.78, 5) is 23.7. The number of carbonyl (C=O) groups is 2. The van der Waals surface area contributed by atoms with Crippen molar-refractivity contribution in [1.82, 2.24) is 0 Å². The van der Waals surface area contributed by atoms with Gasteiger partial charge in [0.15, 0.2) is 12.6 Å². The largest absolute Gasteiger partial charge is 0.463 e. The Morgan fingerprint density at radius 3 is 1.44 bits per heavy atom. The van der Waals surface area contributed by atoms with Gasteiger partial charge in [-0.2, -0.15) is 0 Å². The van der Waals surface area contributed by atoms with Crippen LogP contribution in [0, 0.1) is 0 Å². The van der Waals surface area contributed by atoms with Crippen molar-refractivity contribution >= 4 is 11.9 Å². The Morgan fingerprint density at radius 2 is 1.03 bits per heavy atom. The maximum atomic E-state index is 11.9. The molecule has 0 spiro atoms. The molecule has 2 heterocycles. The fraction of sp³-hybridized carbons (Fsp3) is 0.913. The summed E-state index contributed by atoms with van der Waals surface area (Å²) in [5.41, 5.74) is 0. The highest BCUT2D eigenvalue weighted by atomic mass is 16.8. The lowest BCUT2D eigenvalue weighted by molar-refractivity contribution is -0.376. The Balaban J connectivity index is 1.98. The Labute approximate surface area is 209 Å². The van der Waals surface area contributed by atoms with Gasteiger partial charge in [-0.15, -0.1) is 0 Å². The van der Waals surface area contributed by atoms with Gasteiger partial charge in [-0.1, -0.05) is 33.1 Å². The first-order valence-corrected chi connectivity index (χ1v) is 12.5. The molecule has 2 saturated heterocycles. The van der Waals surface area contributed by atoms with E-state index in [1.54, 1.807) is 0 Å². The topological polar surface area (TPSA) is 202 Å². The third kappa shape index (κ3) is 8.57. The zero-order chi connectivity index (χ0) is 26.8. The summed E-state index contributed by atoms with van der Waals surface area (Å²) in [6.45, 7) is 3.03. The molecule has 2 aliphatic rings. The molecule has 210 valence electrons. The Morgan fingerprint density at radius 1 is 0.611 bits per heavy atom. The van der Waals surface area contributed by atoms with Gasteiger partial charge in [-0.3, -0.25) is 9.59 Å². The molecule has 0 aromatic heterocycles. The number of hydrogen-bond acceptors (Lipinski definition) is 13. The van der Waals surface area contributed by atoms with Crippen LogP contribution in [0.1, 0.15) is 58.8 Å². The molecule has 0 saturated carbocycles. The normalized spacial score (nSPS) is 36.9. The van der Waals surface area contributed by atoms with Crippen LogP contribution in [-0.2, 0) is 33.3 Å². The predicted octanol–water partition coefficient (Wildman–Crippen LogP) is -1.52. The van der Waals surface area contributed by atoms with E-state index < -0.39 is 86.6 Å². The van der Waals surface area contributed by atoms with Gasteiger partial charge in [0.05, 0.1) is 0 Å². The van der Waals surface area contributed by atoms with Crippen LogP contribution in [0.15, 0.2) is 0 Å². The van der Waals surface area contributed by atoms with Crippen LogP contribution in [-0.4, -0.2) is 117 Å². The molecule has 13 heteroatoms. The van der Waals surface area contributed by atoms with Gasteiger partial charge >= 0.3 is 11.9 Å². The van der Waals surface area contributed by atoms with Gasteiger partial charge < -0.3 is 54.3 Å². The first kappa shape index (κ1) is 30.8. The second-order valence-electron chi connectivity index (χ2n) is 9.09. The maximum absolute atomic E-state index is 11.9. The lowest BCUT2D eigenvalue weighted by Gasteiger charge is -2.44. The Bertz CT molecular complexity index is 676. The second-order valence-corrected chi connectivity index (χ2v) is 9.09. The molecule has 36 heavy (non-hydrogen) atoms. The van der Waals surface area contributed by atoms with Crippen LogP contribution < -0.4 is 0 Å². The maximum Gasteiger partial charge on any atom is 0.305 e. The molecule has 0 bridgehead atoms. The third-order valence-corrected chi connectivity index (χ3v) is 6.14. The fourth-order valence-corrected chi connectivity index (χ4v) is 3.80. The molecule has 0 aromatic carbocycles. The van der Waals surface area contributed by atoms with E-state index in [2.05, 4.69) is 0 Å². The highest BCUT2D eigenvalue weighted by Gasteiger charge is 2.50. The van der Waals surface area contributed by atoms with Crippen LogP contribution in [0.3, 0.4) is 0 Å². The molecule has 0 radical (unpaired) electrons. The number of hydrogen-bond donors (Lipinski definition) is 6. The number of aliphatic hydroxyl groups is 6. The lowest BCUT2D eigenvalue weighted by atomic mass is 9.98. The van der Waals surface area contributed by atoms with Gasteiger partial charge in [-0.05, 0) is 12.8 Å². The van der Waals surface area contributed by atoms with Gasteiger partial charge in [0.1, 0.15) is 62.0 Å². The SMILES string of the molecule is CCCCCC(=O)OCC1O[C@H](O[C@H]2OC(COC(=O)CCCC)[C@@H](O)C(O)C2O)C(O)C(O)[C@@H]1O. The number of aliphatic hydroxyl groups excluding tert-OH is 6. The van der Waals surface area contributed by atoms with Crippen molar-refractivity contribution in [2.75, 3.05) is 13.2 Å². The minimum atomic E-state index is -1.79. The van der Waals surface area contributed by atoms with E-state index in [0.29, 0.717) is 12.8 Å². The van der Waals surface area contributed by atoms with E-state index in [0.717, 1.165) is 19.3 Å². The van der Waals surface area contributed by atoms with Crippen LogP contribution >= 0.6 is 0 Å². The molecule has 10 atom stereocenters. The van der Waals surface area contributed by atoms with Crippen molar-refractivity contribution in [1.29, 1.82) is 0 Å². The summed E-state index contributed by atoms with van der Waals surface area (Å²) >= 11 is 0. The predicted molar refractivity (Wildman–Crippen MR) is 120 cm³/mol. The summed E-state index contributed by atoms with van der Waals surface area (Å²) in [6, 6.07) is 0. The second kappa shape index (κ2) is 15.1. The monoisotopic (exact) mass is 524 g/mol. The molecular formula is C23H40O13. The van der Waals surface area contributed by atoms with Gasteiger partial charge in [0.25, 0.3) is 0 Å². The zero-order valence-corrected chi connectivity index (χ0v) is 20.7. The average molecular weight is 525 g/mol. The van der Waals surface area contributed by atoms with E-state index in [-0.39, 0.29) is 12.8 Å². The standard InChI is InChI=1S/C23H40O13/c1-3-5-7-9-15(25)33-11-13-17(27)19(29)21(31)23(35-13)36-22-20(30)18(28)16(26)12(34-22)10-32-14(24)8-6-4-2/h12-13,16-23,26-31H,3-11H2,1-2H3/t12?,13?,16-,17-,18?,19?,20?,21?,22-,23-/m1/s1. The summed E-state index contributed by atoms with van der Waals surface area (Å²) < 4.78 is 26.5. The van der Waals surface area contributed by atoms with Crippen molar-refractivity contribution < 1.29 is 63.9 Å². The van der Waals surface area contributed by atoms with Crippen molar-refractivity contribution in [3.05, 3.63) is 0 Å². The van der Waals surface area contributed by atoms with Crippen molar-refractivity contribution in [3.63, 3.8) is 0 Å². The summed E-state index contributed by atoms with van der Waals surface area (Å²) in [7, 11) is 0. The van der Waals surface area contributed by atoms with Crippen molar-refractivity contribution in [2.24, 2.45) is 0 Å². The number of ether oxygens (including phenoxy) is 5. The first-order valence-electron chi connectivity index (χ1n) is 12.5. The average Bonchev–Trinajstić information content (AvgIpc) is 2.86. The summed E-state index contributed by atoms with van der Waals surface area (Å²) in [5, 5.41) is 61.5. The minimum Gasteiger partial charge on any atom is -0.463 e. The molecule has 13 nitrogen and oxygen atoms in total. The number of esters is 2. The molecule has 6 unspecified atom stereocenters. The summed E-state index contributed by atoms with van der Waals surface area (Å²) in [6.07, 6.45) is -12.0. The van der Waals surface area contributed by atoms with Gasteiger partial charge in [0.2, 0.25) is 0 Å². The highest BCUT2D eigenvalue weighted by Crippen LogP contribution is 2.28. The summed E-state index contributed by atoms with van der Waals surface area (Å²) in [5.74, 6) is -1.04. The van der Waals surface area contributed by atoms with Crippen LogP contribution in [0.5, 0.6) is 0 Å². The van der Waals surface area contributed by atoms with E-state index in [4.69, 9.17) is 23.7 Å². The molecule has 0 aliphatic carbocycles. The van der Waals surface area contributed by atoms with Crippen molar-refractivity contribution in [3.8, 4) is 0 Å². The van der Waals surface area contributed by atoms with Gasteiger partial charge in [0, 0.05) is 12.8 Å². The fourth-order valence-electron chi connectivity index (χ4n) is 3.80. The van der Waals surface area contributed by atoms with Gasteiger partial charge in [-0.25, -0.2) is 0 Å². The van der Waals surface area contributed by atoms with E-state index in [1.165, 1.54) is 0 Å². The smallest absolute Gasteiger partial charge is 0.305 e. The zero-order valence-electron chi connectivity index (χ0n) is 20.7. The van der Waals surface area contributed by atoms with Crippen molar-refractivity contribution in [2.45, 2.75) is 120 Å². The Kier molecular flexibility index (Phi) is 12.9. The van der Waals surface area contributed by atoms with E-state index in [9.17, 15) is 40.2 Å². The molecule has 2 fully saturated rings. The van der Waals surface area contributed by atoms with E-state index >= 15 is 0 Å². The quantitative estimate of drug-likeness (QED) is 0.120. The molecular weight excluding hydrogens is 484 g/mol. The third-order valence-electron chi connectivity index (χ3n) is 6.14. The van der Waals surface area contributed by atoms with Crippen LogP contribution in [0.2, 0.25) is 0 Å². The lowest BCUT2D eigenvalue weighted by Crippen LogP contribution is -2.64. The number of carbonyl (C=O) groups excluding carboxylic acids is 2. The van der Waals surface area contributed by atoms with E-state index in [1.807, 2.05) is 13.8 Å². The number of rotatable bonds is 13. The van der Waals surface area contributed by atoms with Crippen LogP contribution in [0.25, 0.3) is 0 Å². The minimum absolute atomic E-state index is 0.164. The first-order chi connectivity index (χ1) is 17.1. The van der Waals surface area contributed by atoms with Crippen LogP contribution in [0.4, 0.5) is 0 Å². The molecule has 0 amide bonds. The molecule has 0 aromatic rings. The highest BCUT2D eigenvalue weighted by molar-refractivity contribution is 5.69.